The van der Waals surface area contributed by atoms with Gasteiger partial charge in [-0.1, -0.05) is 48.6 Å². The number of nitrogens with zero attached hydrogens (tertiary/aromatic N) is 5. The zero-order valence-corrected chi connectivity index (χ0v) is 15.3. The molecule has 0 aliphatic carbocycles. The average molecular weight is 357 g/mol. The first-order valence-electron chi connectivity index (χ1n) is 8.89. The average Bonchev–Trinajstić information content (AvgIpc) is 3.18. The Bertz CT molecular complexity index is 815. The van der Waals surface area contributed by atoms with Crippen LogP contribution in [-0.2, 0) is 24.1 Å². The van der Waals surface area contributed by atoms with Gasteiger partial charge in [0.1, 0.15) is 5.01 Å². The van der Waals surface area contributed by atoms with E-state index in [0.29, 0.717) is 0 Å². The number of benzene rings is 1. The van der Waals surface area contributed by atoms with Crippen LogP contribution >= 0.6 is 11.3 Å². The van der Waals surface area contributed by atoms with Gasteiger partial charge < -0.3 is 4.74 Å². The Labute approximate surface area is 151 Å². The van der Waals surface area contributed by atoms with Crippen LogP contribution in [-0.4, -0.2) is 50.5 Å². The molecule has 1 aliphatic rings. The van der Waals surface area contributed by atoms with Crippen LogP contribution in [0.1, 0.15) is 29.7 Å². The van der Waals surface area contributed by atoms with Gasteiger partial charge in [0.15, 0.2) is 5.82 Å². The van der Waals surface area contributed by atoms with Gasteiger partial charge in [-0.15, -0.1) is 10.2 Å². The summed E-state index contributed by atoms with van der Waals surface area (Å²) in [6, 6.07) is 10.6. The number of hydrogen-bond donors (Lipinski definition) is 0. The van der Waals surface area contributed by atoms with Crippen molar-refractivity contribution in [3.05, 3.63) is 46.7 Å². The lowest BCUT2D eigenvalue weighted by molar-refractivity contribution is -0.0305. The van der Waals surface area contributed by atoms with E-state index in [4.69, 9.17) is 9.84 Å². The molecule has 4 rings (SSSR count). The molecular formula is C18H23N5OS. The largest absolute Gasteiger partial charge is 0.375 e. The molecule has 1 fully saturated rings. The zero-order valence-electron chi connectivity index (χ0n) is 14.5. The molecule has 1 aliphatic heterocycles. The maximum atomic E-state index is 5.98. The molecule has 0 N–H and O–H groups in total. The second kappa shape index (κ2) is 7.59. The molecule has 0 saturated carbocycles. The van der Waals surface area contributed by atoms with E-state index in [1.54, 1.807) is 11.3 Å². The second-order valence-electron chi connectivity index (χ2n) is 6.47. The fourth-order valence-electron chi connectivity index (χ4n) is 3.24. The van der Waals surface area contributed by atoms with E-state index in [2.05, 4.69) is 52.4 Å². The van der Waals surface area contributed by atoms with Crippen molar-refractivity contribution in [3.8, 4) is 0 Å². The fraction of sp³-hybridized carbons (Fsp3) is 0.500. The molecule has 3 heterocycles. The lowest BCUT2D eigenvalue weighted by Gasteiger charge is -2.32. The lowest BCUT2D eigenvalue weighted by atomic mass is 10.1. The van der Waals surface area contributed by atoms with Gasteiger partial charge in [0.2, 0.25) is 4.96 Å². The minimum Gasteiger partial charge on any atom is -0.375 e. The van der Waals surface area contributed by atoms with E-state index in [9.17, 15) is 0 Å². The molecule has 25 heavy (non-hydrogen) atoms. The van der Waals surface area contributed by atoms with Crippen molar-refractivity contribution in [2.24, 2.45) is 0 Å². The topological polar surface area (TPSA) is 55.5 Å². The first-order chi connectivity index (χ1) is 12.3. The molecule has 1 atom stereocenters. The van der Waals surface area contributed by atoms with Gasteiger partial charge in [0.05, 0.1) is 12.7 Å². The van der Waals surface area contributed by atoms with Crippen LogP contribution in [0.25, 0.3) is 4.96 Å². The molecule has 0 spiro atoms. The molecular weight excluding hydrogens is 334 g/mol. The molecule has 3 aromatic rings. The molecule has 0 radical (unpaired) electrons. The lowest BCUT2D eigenvalue weighted by Crippen LogP contribution is -2.42. The summed E-state index contributed by atoms with van der Waals surface area (Å²) in [7, 11) is 0. The van der Waals surface area contributed by atoms with Crippen molar-refractivity contribution >= 4 is 16.3 Å². The Morgan fingerprint density at radius 2 is 2.12 bits per heavy atom. The number of morpholine rings is 1. The van der Waals surface area contributed by atoms with Gasteiger partial charge in [-0.2, -0.15) is 9.61 Å². The van der Waals surface area contributed by atoms with E-state index in [-0.39, 0.29) is 6.10 Å². The van der Waals surface area contributed by atoms with Crippen molar-refractivity contribution < 1.29 is 4.74 Å². The van der Waals surface area contributed by atoms with Gasteiger partial charge in [-0.3, -0.25) is 4.90 Å². The summed E-state index contributed by atoms with van der Waals surface area (Å²) in [5, 5.41) is 14.2. The maximum Gasteiger partial charge on any atom is 0.234 e. The summed E-state index contributed by atoms with van der Waals surface area (Å²) in [4.78, 5) is 3.35. The highest BCUT2D eigenvalue weighted by Crippen LogP contribution is 2.19. The molecule has 6 nitrogen and oxygen atoms in total. The summed E-state index contributed by atoms with van der Waals surface area (Å²) in [5.41, 5.74) is 1.35. The summed E-state index contributed by atoms with van der Waals surface area (Å²) in [6.07, 6.45) is 2.99. The van der Waals surface area contributed by atoms with Crippen molar-refractivity contribution in [2.75, 3.05) is 19.7 Å². The van der Waals surface area contributed by atoms with Crippen LogP contribution in [0.15, 0.2) is 30.3 Å². The Morgan fingerprint density at radius 1 is 1.24 bits per heavy atom. The van der Waals surface area contributed by atoms with Crippen molar-refractivity contribution in [3.63, 3.8) is 0 Å². The molecule has 2 aromatic heterocycles. The van der Waals surface area contributed by atoms with Crippen LogP contribution in [0.5, 0.6) is 0 Å². The highest BCUT2D eigenvalue weighted by molar-refractivity contribution is 7.16. The summed E-state index contributed by atoms with van der Waals surface area (Å²) in [6.45, 7) is 5.83. The van der Waals surface area contributed by atoms with Gasteiger partial charge in [-0.25, -0.2) is 0 Å². The van der Waals surface area contributed by atoms with Gasteiger partial charge in [0, 0.05) is 32.5 Å². The molecule has 1 aromatic carbocycles. The molecule has 0 amide bonds. The van der Waals surface area contributed by atoms with Crippen molar-refractivity contribution in [1.82, 2.24) is 24.7 Å². The second-order valence-corrected chi connectivity index (χ2v) is 7.51. The van der Waals surface area contributed by atoms with Crippen LogP contribution < -0.4 is 0 Å². The third-order valence-corrected chi connectivity index (χ3v) is 5.37. The molecule has 132 valence electrons. The minimum atomic E-state index is 0.191. The monoisotopic (exact) mass is 357 g/mol. The number of aryl methyl sites for hydroxylation is 1. The van der Waals surface area contributed by atoms with Crippen LogP contribution in [0, 0.1) is 0 Å². The van der Waals surface area contributed by atoms with E-state index < -0.39 is 0 Å². The number of fused-ring (bicyclic) bond motifs is 1. The van der Waals surface area contributed by atoms with Crippen LogP contribution in [0.4, 0.5) is 0 Å². The van der Waals surface area contributed by atoms with Crippen molar-refractivity contribution in [1.29, 1.82) is 0 Å². The van der Waals surface area contributed by atoms with E-state index >= 15 is 0 Å². The first-order valence-corrected chi connectivity index (χ1v) is 9.71. The predicted molar refractivity (Wildman–Crippen MR) is 97.8 cm³/mol. The summed E-state index contributed by atoms with van der Waals surface area (Å²) < 4.78 is 7.88. The maximum absolute atomic E-state index is 5.98. The van der Waals surface area contributed by atoms with Gasteiger partial charge in [0.25, 0.3) is 0 Å². The standard InChI is InChI=1S/C18H23N5OS/c1-2-6-16-19-20-18-23(16)21-17(25-18)11-15-13-22(9-10-24-15)12-14-7-4-3-5-8-14/h3-5,7-8,15H,2,6,9-13H2,1H3. The zero-order chi connectivity index (χ0) is 17.1. The van der Waals surface area contributed by atoms with Crippen LogP contribution in [0.3, 0.4) is 0 Å². The Balaban J connectivity index is 1.40. The Kier molecular flexibility index (Phi) is 5.05. The molecule has 1 saturated heterocycles. The highest BCUT2D eigenvalue weighted by atomic mass is 32.1. The minimum absolute atomic E-state index is 0.191. The van der Waals surface area contributed by atoms with E-state index in [1.165, 1.54) is 5.56 Å². The molecule has 0 bridgehead atoms. The van der Waals surface area contributed by atoms with Crippen LogP contribution in [0.2, 0.25) is 0 Å². The number of hydrogen-bond acceptors (Lipinski definition) is 6. The summed E-state index contributed by atoms with van der Waals surface area (Å²) in [5.74, 6) is 0.954. The summed E-state index contributed by atoms with van der Waals surface area (Å²) >= 11 is 1.62. The normalized spacial score (nSPS) is 18.8. The molecule has 1 unspecified atom stereocenters. The molecule has 7 heteroatoms. The predicted octanol–water partition coefficient (Wildman–Crippen LogP) is 2.58. The van der Waals surface area contributed by atoms with Gasteiger partial charge >= 0.3 is 0 Å². The quantitative estimate of drug-likeness (QED) is 0.679. The third-order valence-electron chi connectivity index (χ3n) is 4.45. The Hall–Kier alpha value is -1.83. The third kappa shape index (κ3) is 3.89. The number of aromatic nitrogens is 4. The number of ether oxygens (including phenoxy) is 1. The van der Waals surface area contributed by atoms with E-state index in [0.717, 1.165) is 61.3 Å². The van der Waals surface area contributed by atoms with Gasteiger partial charge in [-0.05, 0) is 12.0 Å². The van der Waals surface area contributed by atoms with Crippen molar-refractivity contribution in [2.45, 2.75) is 38.8 Å². The van der Waals surface area contributed by atoms with E-state index in [1.807, 2.05) is 4.52 Å². The number of rotatable bonds is 6. The highest BCUT2D eigenvalue weighted by Gasteiger charge is 2.23. The first kappa shape index (κ1) is 16.6. The smallest absolute Gasteiger partial charge is 0.234 e. The Morgan fingerprint density at radius 3 is 2.96 bits per heavy atom. The SMILES string of the molecule is CCCc1nnc2sc(CC3CN(Cc4ccccc4)CCO3)nn12. The fourth-order valence-corrected chi connectivity index (χ4v) is 4.16.